The van der Waals surface area contributed by atoms with Crippen LogP contribution in [0.5, 0.6) is 0 Å². The highest BCUT2D eigenvalue weighted by atomic mass is 16.5. The van der Waals surface area contributed by atoms with Gasteiger partial charge in [-0.05, 0) is 46.9 Å². The number of hydrogen-bond donors (Lipinski definition) is 2. The van der Waals surface area contributed by atoms with Crippen LogP contribution in [0.3, 0.4) is 0 Å². The fourth-order valence-electron chi connectivity index (χ4n) is 4.59. The van der Waals surface area contributed by atoms with Crippen LogP contribution in [0.2, 0.25) is 0 Å². The molecular weight excluding hydrogens is 432 g/mol. The van der Waals surface area contributed by atoms with E-state index in [9.17, 15) is 19.5 Å². The van der Waals surface area contributed by atoms with Gasteiger partial charge in [0.1, 0.15) is 13.2 Å². The smallest absolute Gasteiger partial charge is 0.407 e. The zero-order valence-electron chi connectivity index (χ0n) is 19.7. The minimum Gasteiger partial charge on any atom is -0.480 e. The number of carboxylic acid groups (broad SMARTS) is 1. The molecule has 4 rings (SSSR count). The summed E-state index contributed by atoms with van der Waals surface area (Å²) in [4.78, 5) is 38.2. The molecule has 2 aliphatic rings. The maximum Gasteiger partial charge on any atom is 0.407 e. The van der Waals surface area contributed by atoms with E-state index in [1.54, 1.807) is 0 Å². The van der Waals surface area contributed by atoms with Gasteiger partial charge < -0.3 is 20.1 Å². The summed E-state index contributed by atoms with van der Waals surface area (Å²) in [6, 6.07) is 15.8. The Morgan fingerprint density at radius 2 is 1.62 bits per heavy atom. The van der Waals surface area contributed by atoms with E-state index < -0.39 is 18.1 Å². The minimum absolute atomic E-state index is 0.0166. The minimum atomic E-state index is -1.03. The Balaban J connectivity index is 1.37. The average Bonchev–Trinajstić information content (AvgIpc) is 3.57. The van der Waals surface area contributed by atoms with Crippen LogP contribution in [0, 0.1) is 11.8 Å². The molecule has 180 valence electrons. The molecule has 0 aliphatic heterocycles. The van der Waals surface area contributed by atoms with Gasteiger partial charge in [-0.25, -0.2) is 4.79 Å². The molecule has 0 spiro atoms. The van der Waals surface area contributed by atoms with Crippen molar-refractivity contribution in [2.24, 2.45) is 11.8 Å². The third kappa shape index (κ3) is 5.58. The van der Waals surface area contributed by atoms with E-state index in [1.807, 2.05) is 38.1 Å². The fraction of sp³-hybridized carbons (Fsp3) is 0.444. The molecule has 1 fully saturated rings. The summed E-state index contributed by atoms with van der Waals surface area (Å²) in [6.45, 7) is 4.19. The van der Waals surface area contributed by atoms with Gasteiger partial charge in [0.2, 0.25) is 5.91 Å². The number of ether oxygens (including phenoxy) is 1. The van der Waals surface area contributed by atoms with Crippen LogP contribution in [0.1, 0.15) is 50.2 Å². The summed E-state index contributed by atoms with van der Waals surface area (Å²) in [6.07, 6.45) is 1.52. The summed E-state index contributed by atoms with van der Waals surface area (Å²) in [5, 5.41) is 12.0. The molecule has 2 N–H and O–H groups in total. The normalized spacial score (nSPS) is 15.4. The van der Waals surface area contributed by atoms with Gasteiger partial charge in [-0.2, -0.15) is 0 Å². The third-order valence-corrected chi connectivity index (χ3v) is 6.70. The standard InChI is InChI=1S/C27H32N2O5/c1-17(2)24(13-25(30)29(15-26(31)32)14-18-11-12-18)28-27(33)34-16-23-21-9-5-3-7-19(21)20-8-4-6-10-22(20)23/h3-10,17-18,23-24H,11-16H2,1-2H3,(H,28,33)(H,31,32)/t24-/m0/s1. The van der Waals surface area contributed by atoms with Crippen LogP contribution in [0.15, 0.2) is 48.5 Å². The van der Waals surface area contributed by atoms with E-state index in [0.29, 0.717) is 12.5 Å². The van der Waals surface area contributed by atoms with Crippen molar-refractivity contribution in [3.8, 4) is 11.1 Å². The number of benzene rings is 2. The van der Waals surface area contributed by atoms with Gasteiger partial charge in [-0.1, -0.05) is 62.4 Å². The number of carboxylic acids is 1. The SMILES string of the molecule is CC(C)[C@H](CC(=O)N(CC(=O)O)CC1CC1)NC(=O)OCC1c2ccccc2-c2ccccc21. The highest BCUT2D eigenvalue weighted by Crippen LogP contribution is 2.44. The van der Waals surface area contributed by atoms with E-state index in [2.05, 4.69) is 29.6 Å². The van der Waals surface area contributed by atoms with Gasteiger partial charge in [-0.15, -0.1) is 0 Å². The number of hydrogen-bond acceptors (Lipinski definition) is 4. The summed E-state index contributed by atoms with van der Waals surface area (Å²) in [7, 11) is 0. The maximum absolute atomic E-state index is 12.9. The number of rotatable bonds is 10. The predicted molar refractivity (Wildman–Crippen MR) is 128 cm³/mol. The number of carbonyl (C=O) groups is 3. The van der Waals surface area contributed by atoms with Crippen molar-refractivity contribution in [2.75, 3.05) is 19.7 Å². The van der Waals surface area contributed by atoms with Crippen LogP contribution < -0.4 is 5.32 Å². The molecule has 2 aromatic rings. The first kappa shape index (κ1) is 23.8. The van der Waals surface area contributed by atoms with Crippen LogP contribution in [-0.2, 0) is 14.3 Å². The second kappa shape index (κ2) is 10.3. The van der Waals surface area contributed by atoms with E-state index in [1.165, 1.54) is 4.90 Å². The Kier molecular flexibility index (Phi) is 7.20. The Labute approximate surface area is 200 Å². The number of carbonyl (C=O) groups excluding carboxylic acids is 2. The van der Waals surface area contributed by atoms with Crippen molar-refractivity contribution >= 4 is 18.0 Å². The van der Waals surface area contributed by atoms with Crippen molar-refractivity contribution in [3.63, 3.8) is 0 Å². The van der Waals surface area contributed by atoms with Crippen LogP contribution >= 0.6 is 0 Å². The summed E-state index contributed by atoms with van der Waals surface area (Å²) < 4.78 is 5.63. The average molecular weight is 465 g/mol. The van der Waals surface area contributed by atoms with Gasteiger partial charge in [0.15, 0.2) is 0 Å². The zero-order chi connectivity index (χ0) is 24.2. The van der Waals surface area contributed by atoms with Crippen molar-refractivity contribution in [1.29, 1.82) is 0 Å². The van der Waals surface area contributed by atoms with Crippen LogP contribution in [-0.4, -0.2) is 53.7 Å². The topological polar surface area (TPSA) is 95.9 Å². The number of aliphatic carboxylic acids is 1. The van der Waals surface area contributed by atoms with E-state index >= 15 is 0 Å². The van der Waals surface area contributed by atoms with Gasteiger partial charge in [0.25, 0.3) is 0 Å². The van der Waals surface area contributed by atoms with Gasteiger partial charge in [0.05, 0.1) is 0 Å². The van der Waals surface area contributed by atoms with Crippen molar-refractivity contribution < 1.29 is 24.2 Å². The molecule has 0 unspecified atom stereocenters. The predicted octanol–water partition coefficient (Wildman–Crippen LogP) is 4.26. The second-order valence-corrected chi connectivity index (χ2v) is 9.64. The van der Waals surface area contributed by atoms with Gasteiger partial charge in [-0.3, -0.25) is 9.59 Å². The monoisotopic (exact) mass is 464 g/mol. The zero-order valence-corrected chi connectivity index (χ0v) is 19.7. The number of fused-ring (bicyclic) bond motifs is 3. The molecule has 34 heavy (non-hydrogen) atoms. The van der Waals surface area contributed by atoms with Crippen LogP contribution in [0.4, 0.5) is 4.79 Å². The van der Waals surface area contributed by atoms with Crippen molar-refractivity contribution in [1.82, 2.24) is 10.2 Å². The molecule has 0 aromatic heterocycles. The highest BCUT2D eigenvalue weighted by molar-refractivity contribution is 5.82. The lowest BCUT2D eigenvalue weighted by molar-refractivity contribution is -0.145. The molecule has 7 heteroatoms. The Bertz CT molecular complexity index is 1020. The van der Waals surface area contributed by atoms with E-state index in [-0.39, 0.29) is 37.3 Å². The fourth-order valence-corrected chi connectivity index (χ4v) is 4.59. The van der Waals surface area contributed by atoms with Crippen molar-refractivity contribution in [2.45, 2.75) is 45.1 Å². The van der Waals surface area contributed by atoms with Gasteiger partial charge >= 0.3 is 12.1 Å². The summed E-state index contributed by atoms with van der Waals surface area (Å²) in [5.74, 6) is -0.957. The first-order valence-corrected chi connectivity index (χ1v) is 11.9. The lowest BCUT2D eigenvalue weighted by Gasteiger charge is -2.26. The summed E-state index contributed by atoms with van der Waals surface area (Å²) in [5.41, 5.74) is 4.59. The van der Waals surface area contributed by atoms with E-state index in [0.717, 1.165) is 35.1 Å². The maximum atomic E-state index is 12.9. The highest BCUT2D eigenvalue weighted by Gasteiger charge is 2.31. The number of amides is 2. The Morgan fingerprint density at radius 1 is 1.03 bits per heavy atom. The molecule has 1 atom stereocenters. The first-order chi connectivity index (χ1) is 16.3. The molecule has 0 saturated heterocycles. The molecule has 2 aliphatic carbocycles. The molecule has 0 radical (unpaired) electrons. The Morgan fingerprint density at radius 3 is 2.15 bits per heavy atom. The number of nitrogens with zero attached hydrogens (tertiary/aromatic N) is 1. The molecule has 2 amide bonds. The lowest BCUT2D eigenvalue weighted by atomic mass is 9.98. The molecule has 7 nitrogen and oxygen atoms in total. The largest absolute Gasteiger partial charge is 0.480 e. The molecule has 1 saturated carbocycles. The van der Waals surface area contributed by atoms with E-state index in [4.69, 9.17) is 4.74 Å². The number of nitrogens with one attached hydrogen (secondary N) is 1. The third-order valence-electron chi connectivity index (χ3n) is 6.70. The second-order valence-electron chi connectivity index (χ2n) is 9.64. The summed E-state index contributed by atoms with van der Waals surface area (Å²) >= 11 is 0. The Hall–Kier alpha value is -3.35. The van der Waals surface area contributed by atoms with Crippen LogP contribution in [0.25, 0.3) is 11.1 Å². The van der Waals surface area contributed by atoms with Gasteiger partial charge in [0, 0.05) is 24.9 Å². The first-order valence-electron chi connectivity index (χ1n) is 11.9. The molecule has 0 bridgehead atoms. The molecular formula is C27H32N2O5. The number of alkyl carbamates (subject to hydrolysis) is 1. The van der Waals surface area contributed by atoms with Crippen molar-refractivity contribution in [3.05, 3.63) is 59.7 Å². The molecule has 0 heterocycles. The molecule has 2 aromatic carbocycles. The lowest BCUT2D eigenvalue weighted by Crippen LogP contribution is -2.45. The quantitative estimate of drug-likeness (QED) is 0.548.